The molecule has 2 atom stereocenters. The molecule has 0 saturated heterocycles. The molecule has 0 aliphatic heterocycles. The van der Waals surface area contributed by atoms with Crippen LogP contribution in [0.1, 0.15) is 42.6 Å². The maximum Gasteiger partial charge on any atom is 0.264 e. The van der Waals surface area contributed by atoms with Crippen LogP contribution in [0.3, 0.4) is 0 Å². The van der Waals surface area contributed by atoms with Crippen LogP contribution in [-0.2, 0) is 11.8 Å². The summed E-state index contributed by atoms with van der Waals surface area (Å²) in [5.74, 6) is -0.298. The van der Waals surface area contributed by atoms with E-state index in [4.69, 9.17) is 5.26 Å². The van der Waals surface area contributed by atoms with Crippen LogP contribution in [0.2, 0.25) is 0 Å². The molecular formula is C19H24N4O2. The van der Waals surface area contributed by atoms with Gasteiger partial charge in [-0.15, -0.1) is 0 Å². The molecule has 1 N–H and O–H groups in total. The van der Waals surface area contributed by atoms with Gasteiger partial charge in [-0.3, -0.25) is 4.79 Å². The molecule has 1 aromatic rings. The average molecular weight is 340 g/mol. The minimum atomic E-state index is -0.381. The Hall–Kier alpha value is -2.57. The summed E-state index contributed by atoms with van der Waals surface area (Å²) in [6, 6.07) is 5.73. The van der Waals surface area contributed by atoms with Gasteiger partial charge in [0.25, 0.3) is 5.91 Å². The van der Waals surface area contributed by atoms with Crippen LogP contribution in [0, 0.1) is 35.5 Å². The molecule has 1 aliphatic rings. The molecule has 1 heterocycles. The van der Waals surface area contributed by atoms with Crippen molar-refractivity contribution in [1.29, 1.82) is 10.5 Å². The summed E-state index contributed by atoms with van der Waals surface area (Å²) in [7, 11) is 3.43. The van der Waals surface area contributed by atoms with E-state index in [-0.39, 0.29) is 23.5 Å². The number of hydrogen-bond donors (Lipinski definition) is 1. The molecule has 6 nitrogen and oxygen atoms in total. The average Bonchev–Trinajstić information content (AvgIpc) is 2.88. The largest absolute Gasteiger partial charge is 0.393 e. The fourth-order valence-corrected chi connectivity index (χ4v) is 3.31. The second-order valence-electron chi connectivity index (χ2n) is 6.71. The first-order chi connectivity index (χ1) is 11.9. The normalized spacial score (nSPS) is 20.6. The lowest BCUT2D eigenvalue weighted by Gasteiger charge is -2.31. The second-order valence-corrected chi connectivity index (χ2v) is 6.71. The molecular weight excluding hydrogens is 316 g/mol. The van der Waals surface area contributed by atoms with E-state index in [2.05, 4.69) is 6.07 Å². The maximum atomic E-state index is 12.6. The first-order valence-electron chi connectivity index (χ1n) is 8.50. The van der Waals surface area contributed by atoms with Gasteiger partial charge in [-0.1, -0.05) is 12.8 Å². The molecule has 25 heavy (non-hydrogen) atoms. The van der Waals surface area contributed by atoms with E-state index in [1.165, 1.54) is 11.0 Å². The molecule has 0 bridgehead atoms. The smallest absolute Gasteiger partial charge is 0.264 e. The van der Waals surface area contributed by atoms with Crippen molar-refractivity contribution in [2.24, 2.45) is 13.0 Å². The molecule has 1 amide bonds. The number of likely N-dealkylation sites (N-methyl/N-ethyl adjacent to an activating group) is 1. The Morgan fingerprint density at radius 1 is 1.44 bits per heavy atom. The Balaban J connectivity index is 2.18. The second kappa shape index (κ2) is 8.00. The number of nitrogens with zero attached hydrogens (tertiary/aromatic N) is 4. The molecule has 0 aromatic carbocycles. The molecule has 0 radical (unpaired) electrons. The van der Waals surface area contributed by atoms with E-state index in [9.17, 15) is 15.2 Å². The summed E-state index contributed by atoms with van der Waals surface area (Å²) in [4.78, 5) is 14.1. The number of aliphatic hydroxyl groups is 1. The first-order valence-corrected chi connectivity index (χ1v) is 8.50. The van der Waals surface area contributed by atoms with Crippen LogP contribution >= 0.6 is 0 Å². The summed E-state index contributed by atoms with van der Waals surface area (Å²) in [5.41, 5.74) is 2.02. The number of carbonyl (C=O) groups is 1. The summed E-state index contributed by atoms with van der Waals surface area (Å²) < 4.78 is 1.73. The predicted octanol–water partition coefficient (Wildman–Crippen LogP) is 2.12. The Labute approximate surface area is 148 Å². The minimum absolute atomic E-state index is 0.0333. The zero-order valence-corrected chi connectivity index (χ0v) is 15.0. The quantitative estimate of drug-likeness (QED) is 0.671. The Morgan fingerprint density at radius 3 is 2.68 bits per heavy atom. The summed E-state index contributed by atoms with van der Waals surface area (Å²) >= 11 is 0. The summed E-state index contributed by atoms with van der Waals surface area (Å²) in [6.07, 6.45) is 4.90. The van der Waals surface area contributed by atoms with Gasteiger partial charge < -0.3 is 14.6 Å². The molecule has 1 fully saturated rings. The van der Waals surface area contributed by atoms with Gasteiger partial charge in [0.05, 0.1) is 6.10 Å². The molecule has 6 heteroatoms. The molecule has 2 unspecified atom stereocenters. The number of nitriles is 2. The van der Waals surface area contributed by atoms with Crippen molar-refractivity contribution in [3.8, 4) is 12.1 Å². The van der Waals surface area contributed by atoms with E-state index >= 15 is 0 Å². The molecule has 0 spiro atoms. The summed E-state index contributed by atoms with van der Waals surface area (Å²) in [6.45, 7) is 2.28. The van der Waals surface area contributed by atoms with E-state index in [0.29, 0.717) is 17.8 Å². The van der Waals surface area contributed by atoms with Gasteiger partial charge in [-0.05, 0) is 37.5 Å². The lowest BCUT2D eigenvalue weighted by molar-refractivity contribution is -0.126. The van der Waals surface area contributed by atoms with Gasteiger partial charge in [0.15, 0.2) is 0 Å². The number of rotatable bonds is 4. The Bertz CT molecular complexity index is 764. The van der Waals surface area contributed by atoms with Crippen molar-refractivity contribution in [3.05, 3.63) is 28.6 Å². The zero-order chi connectivity index (χ0) is 18.6. The molecule has 132 valence electrons. The number of carbonyl (C=O) groups excluding carboxylic acids is 1. The fourth-order valence-electron chi connectivity index (χ4n) is 3.31. The summed E-state index contributed by atoms with van der Waals surface area (Å²) in [5, 5.41) is 28.6. The van der Waals surface area contributed by atoms with Crippen LogP contribution in [-0.4, -0.2) is 40.2 Å². The monoisotopic (exact) mass is 340 g/mol. The van der Waals surface area contributed by atoms with Crippen molar-refractivity contribution in [3.63, 3.8) is 0 Å². The van der Waals surface area contributed by atoms with Crippen molar-refractivity contribution in [2.75, 3.05) is 13.6 Å². The minimum Gasteiger partial charge on any atom is -0.393 e. The third-order valence-electron chi connectivity index (χ3n) is 5.06. The Morgan fingerprint density at radius 2 is 2.12 bits per heavy atom. The lowest BCUT2D eigenvalue weighted by Crippen LogP contribution is -2.38. The Kier molecular flexibility index (Phi) is 6.01. The van der Waals surface area contributed by atoms with E-state index in [0.717, 1.165) is 31.4 Å². The number of amides is 1. The topological polar surface area (TPSA) is 93.1 Å². The van der Waals surface area contributed by atoms with Crippen molar-refractivity contribution >= 4 is 12.0 Å². The fraction of sp³-hybridized carbons (Fsp3) is 0.526. The SMILES string of the molecule is Cc1c(/C=C(\C#N)C(=O)N(C)CC2CCCCC2O)cc(C#N)n1C. The third kappa shape index (κ3) is 4.10. The highest BCUT2D eigenvalue weighted by molar-refractivity contribution is 6.01. The molecule has 1 saturated carbocycles. The van der Waals surface area contributed by atoms with Crippen molar-refractivity contribution in [2.45, 2.75) is 38.7 Å². The van der Waals surface area contributed by atoms with Crippen molar-refractivity contribution in [1.82, 2.24) is 9.47 Å². The number of aliphatic hydroxyl groups excluding tert-OH is 1. The van der Waals surface area contributed by atoms with Gasteiger partial charge in [0, 0.05) is 32.3 Å². The first kappa shape index (κ1) is 18.8. The highest BCUT2D eigenvalue weighted by Gasteiger charge is 2.26. The van der Waals surface area contributed by atoms with Crippen LogP contribution in [0.4, 0.5) is 0 Å². The van der Waals surface area contributed by atoms with Crippen molar-refractivity contribution < 1.29 is 9.90 Å². The van der Waals surface area contributed by atoms with E-state index < -0.39 is 0 Å². The zero-order valence-electron chi connectivity index (χ0n) is 15.0. The van der Waals surface area contributed by atoms with Crippen LogP contribution in [0.15, 0.2) is 11.6 Å². The maximum absolute atomic E-state index is 12.6. The molecule has 1 aromatic heterocycles. The van der Waals surface area contributed by atoms with Gasteiger partial charge in [-0.25, -0.2) is 0 Å². The van der Waals surface area contributed by atoms with Crippen LogP contribution in [0.25, 0.3) is 6.08 Å². The highest BCUT2D eigenvalue weighted by atomic mass is 16.3. The predicted molar refractivity (Wildman–Crippen MR) is 94.1 cm³/mol. The number of aromatic nitrogens is 1. The van der Waals surface area contributed by atoms with E-state index in [1.54, 1.807) is 24.7 Å². The van der Waals surface area contributed by atoms with Crippen LogP contribution in [0.5, 0.6) is 0 Å². The van der Waals surface area contributed by atoms with Gasteiger partial charge in [-0.2, -0.15) is 10.5 Å². The van der Waals surface area contributed by atoms with Gasteiger partial charge in [0.1, 0.15) is 23.4 Å². The van der Waals surface area contributed by atoms with E-state index in [1.807, 2.05) is 13.0 Å². The standard InChI is InChI=1S/C19H24N4O2/c1-13-15(9-17(11-21)23(13)3)8-16(10-20)19(25)22(2)12-14-6-4-5-7-18(14)24/h8-9,14,18,24H,4-7,12H2,1-3H3/b16-8+. The highest BCUT2D eigenvalue weighted by Crippen LogP contribution is 2.25. The third-order valence-corrected chi connectivity index (χ3v) is 5.06. The number of hydrogen-bond acceptors (Lipinski definition) is 4. The lowest BCUT2D eigenvalue weighted by atomic mass is 9.86. The van der Waals surface area contributed by atoms with Gasteiger partial charge in [0.2, 0.25) is 0 Å². The molecule has 1 aliphatic carbocycles. The van der Waals surface area contributed by atoms with Gasteiger partial charge >= 0.3 is 0 Å². The molecule has 2 rings (SSSR count). The van der Waals surface area contributed by atoms with Crippen LogP contribution < -0.4 is 0 Å².